The molecular weight excluding hydrogens is 184 g/mol. The Balaban J connectivity index is 2.34. The molecule has 0 saturated heterocycles. The smallest absolute Gasteiger partial charge is 0.329 e. The Hall–Kier alpha value is -1.52. The summed E-state index contributed by atoms with van der Waals surface area (Å²) >= 11 is 0. The van der Waals surface area contributed by atoms with E-state index < -0.39 is 17.5 Å². The molecule has 14 heavy (non-hydrogen) atoms. The summed E-state index contributed by atoms with van der Waals surface area (Å²) in [6.45, 7) is 5.76. The number of aliphatic carboxylic acids is 1. The fraction of sp³-hybridized carbons (Fsp3) is 0.556. The molecular formula is C9H14N2O3. The van der Waals surface area contributed by atoms with Crippen molar-refractivity contribution in [3.63, 3.8) is 0 Å². The van der Waals surface area contributed by atoms with Crippen LogP contribution in [0.1, 0.15) is 19.8 Å². The highest BCUT2D eigenvalue weighted by atomic mass is 16.4. The first kappa shape index (κ1) is 10.6. The van der Waals surface area contributed by atoms with E-state index >= 15 is 0 Å². The van der Waals surface area contributed by atoms with E-state index in [-0.39, 0.29) is 0 Å². The molecule has 0 unspecified atom stereocenters. The van der Waals surface area contributed by atoms with Crippen LogP contribution in [0.15, 0.2) is 12.2 Å². The standard InChI is InChI=1S/C9H14N2O3/c1-6(2)5-10-8(14)11-9(3-4-9)7(12)13/h1,3-5H2,2H3,(H,12,13)(H2,10,11,14). The van der Waals surface area contributed by atoms with Gasteiger partial charge < -0.3 is 15.7 Å². The van der Waals surface area contributed by atoms with Crippen LogP contribution in [-0.4, -0.2) is 29.2 Å². The number of carbonyl (C=O) groups is 2. The molecule has 0 spiro atoms. The van der Waals surface area contributed by atoms with Gasteiger partial charge in [-0.1, -0.05) is 12.2 Å². The Morgan fingerprint density at radius 1 is 1.50 bits per heavy atom. The zero-order chi connectivity index (χ0) is 10.8. The number of urea groups is 1. The Kier molecular flexibility index (Phi) is 2.78. The second-order valence-electron chi connectivity index (χ2n) is 3.65. The summed E-state index contributed by atoms with van der Waals surface area (Å²) in [6, 6.07) is -0.451. The van der Waals surface area contributed by atoms with Gasteiger partial charge in [-0.2, -0.15) is 0 Å². The number of hydrogen-bond acceptors (Lipinski definition) is 2. The molecule has 0 aromatic carbocycles. The molecule has 0 bridgehead atoms. The molecule has 0 heterocycles. The quantitative estimate of drug-likeness (QED) is 0.575. The predicted octanol–water partition coefficient (Wildman–Crippen LogP) is 0.479. The lowest BCUT2D eigenvalue weighted by atomic mass is 10.3. The molecule has 1 aliphatic rings. The molecule has 0 aliphatic heterocycles. The second kappa shape index (κ2) is 3.69. The first-order chi connectivity index (χ1) is 6.46. The van der Waals surface area contributed by atoms with Crippen LogP contribution in [0.25, 0.3) is 0 Å². The van der Waals surface area contributed by atoms with Crippen LogP contribution in [0.4, 0.5) is 4.79 Å². The summed E-state index contributed by atoms with van der Waals surface area (Å²) < 4.78 is 0. The molecule has 1 aliphatic carbocycles. The van der Waals surface area contributed by atoms with Gasteiger partial charge in [-0.15, -0.1) is 0 Å². The maximum Gasteiger partial charge on any atom is 0.329 e. The van der Waals surface area contributed by atoms with Crippen molar-refractivity contribution in [3.8, 4) is 0 Å². The lowest BCUT2D eigenvalue weighted by Crippen LogP contribution is -2.48. The maximum absolute atomic E-state index is 11.2. The molecule has 0 aromatic rings. The lowest BCUT2D eigenvalue weighted by molar-refractivity contribution is -0.140. The molecule has 0 radical (unpaired) electrons. The number of amides is 2. The van der Waals surface area contributed by atoms with E-state index in [0.29, 0.717) is 19.4 Å². The maximum atomic E-state index is 11.2. The number of rotatable bonds is 4. The van der Waals surface area contributed by atoms with Crippen molar-refractivity contribution in [2.75, 3.05) is 6.54 Å². The first-order valence-electron chi connectivity index (χ1n) is 4.40. The van der Waals surface area contributed by atoms with Gasteiger partial charge in [-0.05, 0) is 19.8 Å². The van der Waals surface area contributed by atoms with E-state index in [1.165, 1.54) is 0 Å². The van der Waals surface area contributed by atoms with E-state index in [0.717, 1.165) is 5.57 Å². The van der Waals surface area contributed by atoms with Crippen LogP contribution in [0.2, 0.25) is 0 Å². The number of carboxylic acid groups (broad SMARTS) is 1. The fourth-order valence-corrected chi connectivity index (χ4v) is 1.01. The van der Waals surface area contributed by atoms with Gasteiger partial charge in [-0.25, -0.2) is 9.59 Å². The highest BCUT2D eigenvalue weighted by Crippen LogP contribution is 2.35. The van der Waals surface area contributed by atoms with Gasteiger partial charge in [-0.3, -0.25) is 0 Å². The summed E-state index contributed by atoms with van der Waals surface area (Å²) in [5, 5.41) is 13.7. The SMILES string of the molecule is C=C(C)CNC(=O)NC1(C(=O)O)CC1. The average molecular weight is 198 g/mol. The summed E-state index contributed by atoms with van der Waals surface area (Å²) in [5.74, 6) is -0.969. The Labute approximate surface area is 82.2 Å². The van der Waals surface area contributed by atoms with Crippen molar-refractivity contribution in [1.29, 1.82) is 0 Å². The van der Waals surface area contributed by atoms with Gasteiger partial charge >= 0.3 is 12.0 Å². The molecule has 5 heteroatoms. The molecule has 5 nitrogen and oxygen atoms in total. The highest BCUT2D eigenvalue weighted by molar-refractivity contribution is 5.88. The van der Waals surface area contributed by atoms with Crippen LogP contribution >= 0.6 is 0 Å². The Morgan fingerprint density at radius 3 is 2.43 bits per heavy atom. The number of carboxylic acids is 1. The Bertz CT molecular complexity index is 282. The van der Waals surface area contributed by atoms with Gasteiger partial charge in [0.2, 0.25) is 0 Å². The zero-order valence-corrected chi connectivity index (χ0v) is 8.09. The molecule has 0 atom stereocenters. The van der Waals surface area contributed by atoms with Crippen molar-refractivity contribution >= 4 is 12.0 Å². The van der Waals surface area contributed by atoms with E-state index in [4.69, 9.17) is 5.11 Å². The van der Waals surface area contributed by atoms with Crippen LogP contribution in [-0.2, 0) is 4.79 Å². The summed E-state index contributed by atoms with van der Waals surface area (Å²) in [4.78, 5) is 21.9. The van der Waals surface area contributed by atoms with Crippen molar-refractivity contribution in [2.45, 2.75) is 25.3 Å². The molecule has 78 valence electrons. The van der Waals surface area contributed by atoms with Crippen molar-refractivity contribution in [3.05, 3.63) is 12.2 Å². The van der Waals surface area contributed by atoms with Crippen LogP contribution in [0, 0.1) is 0 Å². The van der Waals surface area contributed by atoms with Gasteiger partial charge in [0.15, 0.2) is 0 Å². The van der Waals surface area contributed by atoms with E-state index in [1.54, 1.807) is 6.92 Å². The molecule has 1 rings (SSSR count). The third-order valence-corrected chi connectivity index (χ3v) is 2.06. The van der Waals surface area contributed by atoms with E-state index in [1.807, 2.05) is 0 Å². The van der Waals surface area contributed by atoms with Crippen molar-refractivity contribution in [1.82, 2.24) is 10.6 Å². The molecule has 1 fully saturated rings. The molecule has 2 amide bonds. The number of hydrogen-bond donors (Lipinski definition) is 3. The highest BCUT2D eigenvalue weighted by Gasteiger charge is 2.51. The Morgan fingerprint density at radius 2 is 2.07 bits per heavy atom. The average Bonchev–Trinajstić information content (AvgIpc) is 2.82. The summed E-state index contributed by atoms with van der Waals surface area (Å²) in [5.41, 5.74) is -0.195. The van der Waals surface area contributed by atoms with E-state index in [9.17, 15) is 9.59 Å². The molecule has 1 saturated carbocycles. The van der Waals surface area contributed by atoms with Gasteiger partial charge in [0, 0.05) is 6.54 Å². The first-order valence-corrected chi connectivity index (χ1v) is 4.40. The minimum atomic E-state index is -1.01. The lowest BCUT2D eigenvalue weighted by Gasteiger charge is -2.13. The monoisotopic (exact) mass is 198 g/mol. The molecule has 0 aromatic heterocycles. The zero-order valence-electron chi connectivity index (χ0n) is 8.09. The second-order valence-corrected chi connectivity index (χ2v) is 3.65. The van der Waals surface area contributed by atoms with Crippen molar-refractivity contribution in [2.24, 2.45) is 0 Å². The number of carbonyl (C=O) groups excluding carboxylic acids is 1. The van der Waals surface area contributed by atoms with Crippen LogP contribution in [0.3, 0.4) is 0 Å². The minimum Gasteiger partial charge on any atom is -0.480 e. The van der Waals surface area contributed by atoms with Gasteiger partial charge in [0.1, 0.15) is 5.54 Å². The summed E-state index contributed by atoms with van der Waals surface area (Å²) in [6.07, 6.45) is 1.01. The van der Waals surface area contributed by atoms with Crippen LogP contribution < -0.4 is 10.6 Å². The van der Waals surface area contributed by atoms with Crippen LogP contribution in [0.5, 0.6) is 0 Å². The summed E-state index contributed by atoms with van der Waals surface area (Å²) in [7, 11) is 0. The molecule has 3 N–H and O–H groups in total. The van der Waals surface area contributed by atoms with Gasteiger partial charge in [0.25, 0.3) is 0 Å². The minimum absolute atomic E-state index is 0.363. The third kappa shape index (κ3) is 2.48. The fourth-order valence-electron chi connectivity index (χ4n) is 1.01. The third-order valence-electron chi connectivity index (χ3n) is 2.06. The topological polar surface area (TPSA) is 78.4 Å². The van der Waals surface area contributed by atoms with Gasteiger partial charge in [0.05, 0.1) is 0 Å². The van der Waals surface area contributed by atoms with Crippen molar-refractivity contribution < 1.29 is 14.7 Å². The number of nitrogens with one attached hydrogen (secondary N) is 2. The van der Waals surface area contributed by atoms with E-state index in [2.05, 4.69) is 17.2 Å². The normalized spacial score (nSPS) is 16.9. The largest absolute Gasteiger partial charge is 0.480 e. The predicted molar refractivity (Wildman–Crippen MR) is 50.9 cm³/mol.